The molecule has 0 amide bonds. The van der Waals surface area contributed by atoms with E-state index in [9.17, 15) is 0 Å². The molecule has 2 heteroatoms. The Kier molecular flexibility index (Phi) is 4.42. The Morgan fingerprint density at radius 3 is 2.25 bits per heavy atom. The lowest BCUT2D eigenvalue weighted by Gasteiger charge is -2.56. The van der Waals surface area contributed by atoms with Crippen LogP contribution in [-0.4, -0.2) is 30.1 Å². The lowest BCUT2D eigenvalue weighted by molar-refractivity contribution is -0.0488. The van der Waals surface area contributed by atoms with Crippen LogP contribution in [0.1, 0.15) is 59.8 Å². The summed E-state index contributed by atoms with van der Waals surface area (Å²) in [5, 5.41) is 0. The molecule has 0 aromatic rings. The second kappa shape index (κ2) is 5.05. The van der Waals surface area contributed by atoms with Crippen LogP contribution in [0.5, 0.6) is 0 Å². The summed E-state index contributed by atoms with van der Waals surface area (Å²) in [6.45, 7) is 10.2. The van der Waals surface area contributed by atoms with Crippen LogP contribution in [0.25, 0.3) is 0 Å². The van der Waals surface area contributed by atoms with Gasteiger partial charge in [-0.1, -0.05) is 33.6 Å². The summed E-state index contributed by atoms with van der Waals surface area (Å²) < 4.78 is 0. The zero-order valence-corrected chi connectivity index (χ0v) is 11.8. The Morgan fingerprint density at radius 1 is 1.25 bits per heavy atom. The van der Waals surface area contributed by atoms with Crippen molar-refractivity contribution in [1.82, 2.24) is 4.90 Å². The van der Waals surface area contributed by atoms with Crippen molar-refractivity contribution in [1.29, 1.82) is 0 Å². The van der Waals surface area contributed by atoms with Crippen LogP contribution < -0.4 is 5.73 Å². The normalized spacial score (nSPS) is 31.7. The Balaban J connectivity index is 2.98. The summed E-state index contributed by atoms with van der Waals surface area (Å²) in [7, 11) is 2.27. The number of hydrogen-bond donors (Lipinski definition) is 1. The zero-order valence-electron chi connectivity index (χ0n) is 11.8. The molecule has 16 heavy (non-hydrogen) atoms. The molecule has 1 fully saturated rings. The summed E-state index contributed by atoms with van der Waals surface area (Å²) in [4.78, 5) is 2.56. The molecule has 0 aromatic carbocycles. The van der Waals surface area contributed by atoms with E-state index in [2.05, 4.69) is 39.6 Å². The van der Waals surface area contributed by atoms with Crippen LogP contribution in [0.4, 0.5) is 0 Å². The minimum atomic E-state index is 0.209. The largest absolute Gasteiger partial charge is 0.329 e. The van der Waals surface area contributed by atoms with Crippen molar-refractivity contribution < 1.29 is 0 Å². The number of nitrogens with two attached hydrogens (primary N) is 1. The molecule has 0 aliphatic heterocycles. The molecular weight excluding hydrogens is 196 g/mol. The van der Waals surface area contributed by atoms with Crippen molar-refractivity contribution in [2.75, 3.05) is 13.6 Å². The number of hydrogen-bond acceptors (Lipinski definition) is 2. The first-order valence-electron chi connectivity index (χ1n) is 6.84. The van der Waals surface area contributed by atoms with Crippen molar-refractivity contribution in [3.8, 4) is 0 Å². The first kappa shape index (κ1) is 14.0. The van der Waals surface area contributed by atoms with E-state index in [0.717, 1.165) is 6.54 Å². The second-order valence-electron chi connectivity index (χ2n) is 6.19. The molecule has 0 heterocycles. The molecule has 96 valence electrons. The zero-order chi connectivity index (χ0) is 12.4. The molecular formula is C14H30N2. The van der Waals surface area contributed by atoms with E-state index in [1.54, 1.807) is 0 Å². The second-order valence-corrected chi connectivity index (χ2v) is 6.19. The molecule has 0 bridgehead atoms. The maximum atomic E-state index is 6.17. The van der Waals surface area contributed by atoms with Crippen molar-refractivity contribution in [2.24, 2.45) is 11.1 Å². The van der Waals surface area contributed by atoms with Gasteiger partial charge in [-0.25, -0.2) is 0 Å². The average Bonchev–Trinajstić information content (AvgIpc) is 2.27. The van der Waals surface area contributed by atoms with E-state index >= 15 is 0 Å². The standard InChI is InChI=1S/C14H30N2/c1-6-12(2)16(5)14(11-15)10-8-7-9-13(14,3)4/h12H,6-11,15H2,1-5H3. The van der Waals surface area contributed by atoms with Gasteiger partial charge in [-0.3, -0.25) is 4.90 Å². The quantitative estimate of drug-likeness (QED) is 0.798. The molecule has 0 saturated heterocycles. The summed E-state index contributed by atoms with van der Waals surface area (Å²) in [6.07, 6.45) is 6.47. The molecule has 1 aliphatic rings. The molecule has 0 aromatic heterocycles. The van der Waals surface area contributed by atoms with Crippen molar-refractivity contribution in [3.63, 3.8) is 0 Å². The van der Waals surface area contributed by atoms with E-state index in [1.165, 1.54) is 32.1 Å². The molecule has 0 radical (unpaired) electrons. The van der Waals surface area contributed by atoms with Crippen LogP contribution in [0.15, 0.2) is 0 Å². The van der Waals surface area contributed by atoms with E-state index in [0.29, 0.717) is 11.5 Å². The van der Waals surface area contributed by atoms with Crippen LogP contribution in [-0.2, 0) is 0 Å². The van der Waals surface area contributed by atoms with Gasteiger partial charge in [-0.15, -0.1) is 0 Å². The molecule has 1 saturated carbocycles. The van der Waals surface area contributed by atoms with E-state index in [4.69, 9.17) is 5.73 Å². The molecule has 1 aliphatic carbocycles. The maximum Gasteiger partial charge on any atom is 0.0382 e. The fourth-order valence-electron chi connectivity index (χ4n) is 3.43. The van der Waals surface area contributed by atoms with Gasteiger partial charge in [0.15, 0.2) is 0 Å². The van der Waals surface area contributed by atoms with Crippen molar-refractivity contribution in [2.45, 2.75) is 71.4 Å². The highest BCUT2D eigenvalue weighted by atomic mass is 15.2. The SMILES string of the molecule is CCC(C)N(C)C1(CN)CCCCC1(C)C. The number of nitrogens with zero attached hydrogens (tertiary/aromatic N) is 1. The van der Waals surface area contributed by atoms with Gasteiger partial charge in [-0.2, -0.15) is 0 Å². The predicted octanol–water partition coefficient (Wildman–Crippen LogP) is 3.01. The van der Waals surface area contributed by atoms with E-state index < -0.39 is 0 Å². The van der Waals surface area contributed by atoms with Gasteiger partial charge in [0.25, 0.3) is 0 Å². The Bertz CT molecular complexity index is 225. The van der Waals surface area contributed by atoms with Gasteiger partial charge >= 0.3 is 0 Å². The first-order valence-corrected chi connectivity index (χ1v) is 6.84. The topological polar surface area (TPSA) is 29.3 Å². The maximum absolute atomic E-state index is 6.17. The van der Waals surface area contributed by atoms with Crippen molar-refractivity contribution >= 4 is 0 Å². The number of likely N-dealkylation sites (N-methyl/N-ethyl adjacent to an activating group) is 1. The van der Waals surface area contributed by atoms with Gasteiger partial charge in [0, 0.05) is 18.1 Å². The minimum Gasteiger partial charge on any atom is -0.329 e. The monoisotopic (exact) mass is 226 g/mol. The first-order chi connectivity index (χ1) is 7.41. The molecule has 2 unspecified atom stereocenters. The highest BCUT2D eigenvalue weighted by Gasteiger charge is 2.49. The molecule has 0 spiro atoms. The molecule has 2 nitrogen and oxygen atoms in total. The predicted molar refractivity (Wildman–Crippen MR) is 71.6 cm³/mol. The fourth-order valence-corrected chi connectivity index (χ4v) is 3.43. The summed E-state index contributed by atoms with van der Waals surface area (Å²) in [6, 6.07) is 0.626. The Morgan fingerprint density at radius 2 is 1.81 bits per heavy atom. The van der Waals surface area contributed by atoms with Gasteiger partial charge in [0.05, 0.1) is 0 Å². The highest BCUT2D eigenvalue weighted by Crippen LogP contribution is 2.47. The van der Waals surface area contributed by atoms with Crippen molar-refractivity contribution in [3.05, 3.63) is 0 Å². The molecule has 2 N–H and O–H groups in total. The van der Waals surface area contributed by atoms with Crippen LogP contribution in [0.3, 0.4) is 0 Å². The average molecular weight is 226 g/mol. The minimum absolute atomic E-state index is 0.209. The smallest absolute Gasteiger partial charge is 0.0382 e. The number of rotatable bonds is 4. The third kappa shape index (κ3) is 2.14. The lowest BCUT2D eigenvalue weighted by Crippen LogP contribution is -2.64. The highest BCUT2D eigenvalue weighted by molar-refractivity contribution is 5.05. The van der Waals surface area contributed by atoms with E-state index in [-0.39, 0.29) is 5.54 Å². The van der Waals surface area contributed by atoms with E-state index in [1.807, 2.05) is 0 Å². The van der Waals surface area contributed by atoms with Crippen LogP contribution >= 0.6 is 0 Å². The van der Waals surface area contributed by atoms with Gasteiger partial charge in [-0.05, 0) is 38.6 Å². The third-order valence-electron chi connectivity index (χ3n) is 5.17. The van der Waals surface area contributed by atoms with Crippen LogP contribution in [0.2, 0.25) is 0 Å². The molecule has 2 atom stereocenters. The lowest BCUT2D eigenvalue weighted by atomic mass is 9.62. The summed E-state index contributed by atoms with van der Waals surface area (Å²) >= 11 is 0. The summed E-state index contributed by atoms with van der Waals surface area (Å²) in [5.41, 5.74) is 6.72. The fraction of sp³-hybridized carbons (Fsp3) is 1.00. The van der Waals surface area contributed by atoms with Crippen LogP contribution in [0, 0.1) is 5.41 Å². The van der Waals surface area contributed by atoms with Gasteiger partial charge in [0.2, 0.25) is 0 Å². The molecule has 1 rings (SSSR count). The van der Waals surface area contributed by atoms with Gasteiger partial charge in [0.1, 0.15) is 0 Å². The Labute approximate surface area is 102 Å². The summed E-state index contributed by atoms with van der Waals surface area (Å²) in [5.74, 6) is 0. The van der Waals surface area contributed by atoms with Gasteiger partial charge < -0.3 is 5.73 Å². The third-order valence-corrected chi connectivity index (χ3v) is 5.17. The Hall–Kier alpha value is -0.0800.